The van der Waals surface area contributed by atoms with Crippen molar-refractivity contribution in [3.05, 3.63) is 76.9 Å². The molecule has 1 N–H and O–H groups in total. The first kappa shape index (κ1) is 19.7. The van der Waals surface area contributed by atoms with Gasteiger partial charge in [-0.05, 0) is 24.3 Å². The number of hydrogen-bond acceptors (Lipinski definition) is 4. The Balaban J connectivity index is 1.82. The molecule has 28 heavy (non-hydrogen) atoms. The molecule has 0 aliphatic carbocycles. The smallest absolute Gasteiger partial charge is 0.262 e. The first-order chi connectivity index (χ1) is 13.4. The second-order valence-corrected chi connectivity index (χ2v) is 6.62. The van der Waals surface area contributed by atoms with Crippen molar-refractivity contribution in [3.63, 3.8) is 0 Å². The van der Waals surface area contributed by atoms with Gasteiger partial charge >= 0.3 is 0 Å². The molecule has 1 aromatic heterocycles. The summed E-state index contributed by atoms with van der Waals surface area (Å²) in [5.41, 5.74) is -0.276. The SMILES string of the molecule is C=CCn1c(SCC(=O)Nc2ccc(F)c(F)c2F)nc2ccccc2c1=O. The van der Waals surface area contributed by atoms with Crippen LogP contribution < -0.4 is 10.9 Å². The topological polar surface area (TPSA) is 64.0 Å². The molecule has 1 heterocycles. The third kappa shape index (κ3) is 3.94. The molecule has 0 saturated carbocycles. The number of anilines is 1. The minimum absolute atomic E-state index is 0.193. The number of halogens is 3. The minimum atomic E-state index is -1.67. The van der Waals surface area contributed by atoms with Crippen molar-refractivity contribution in [2.75, 3.05) is 11.1 Å². The molecule has 0 spiro atoms. The van der Waals surface area contributed by atoms with Gasteiger partial charge in [-0.3, -0.25) is 14.2 Å². The van der Waals surface area contributed by atoms with E-state index in [9.17, 15) is 22.8 Å². The highest BCUT2D eigenvalue weighted by atomic mass is 32.2. The first-order valence-electron chi connectivity index (χ1n) is 8.09. The summed E-state index contributed by atoms with van der Waals surface area (Å²) in [6.45, 7) is 3.80. The van der Waals surface area contributed by atoms with Crippen LogP contribution in [0.3, 0.4) is 0 Å². The van der Waals surface area contributed by atoms with Gasteiger partial charge in [0.25, 0.3) is 5.56 Å². The van der Waals surface area contributed by atoms with E-state index in [4.69, 9.17) is 0 Å². The first-order valence-corrected chi connectivity index (χ1v) is 9.07. The maximum Gasteiger partial charge on any atom is 0.262 e. The lowest BCUT2D eigenvalue weighted by molar-refractivity contribution is -0.113. The molecular formula is C19H14F3N3O2S. The number of aromatic nitrogens is 2. The number of carbonyl (C=O) groups excluding carboxylic acids is 1. The summed E-state index contributed by atoms with van der Waals surface area (Å²) >= 11 is 0.958. The van der Waals surface area contributed by atoms with Crippen LogP contribution in [0.2, 0.25) is 0 Å². The van der Waals surface area contributed by atoms with E-state index in [1.807, 2.05) is 0 Å². The Bertz CT molecular complexity index is 1130. The molecule has 144 valence electrons. The van der Waals surface area contributed by atoms with E-state index in [-0.39, 0.29) is 23.0 Å². The van der Waals surface area contributed by atoms with Crippen molar-refractivity contribution in [1.82, 2.24) is 9.55 Å². The Morgan fingerprint density at radius 1 is 1.18 bits per heavy atom. The van der Waals surface area contributed by atoms with Crippen LogP contribution in [0.1, 0.15) is 0 Å². The predicted octanol–water partition coefficient (Wildman–Crippen LogP) is 3.73. The van der Waals surface area contributed by atoms with Crippen molar-refractivity contribution < 1.29 is 18.0 Å². The van der Waals surface area contributed by atoms with E-state index in [1.54, 1.807) is 24.3 Å². The molecule has 0 atom stereocenters. The Morgan fingerprint density at radius 2 is 1.93 bits per heavy atom. The zero-order valence-electron chi connectivity index (χ0n) is 14.4. The molecule has 0 radical (unpaired) electrons. The predicted molar refractivity (Wildman–Crippen MR) is 102 cm³/mol. The van der Waals surface area contributed by atoms with Crippen LogP contribution in [0.25, 0.3) is 10.9 Å². The molecular weight excluding hydrogens is 391 g/mol. The van der Waals surface area contributed by atoms with E-state index in [1.165, 1.54) is 10.6 Å². The summed E-state index contributed by atoms with van der Waals surface area (Å²) in [5.74, 6) is -5.38. The number of rotatable bonds is 6. The molecule has 0 aliphatic heterocycles. The molecule has 3 aromatic rings. The molecule has 5 nitrogen and oxygen atoms in total. The highest BCUT2D eigenvalue weighted by Gasteiger charge is 2.16. The second-order valence-electron chi connectivity index (χ2n) is 5.68. The zero-order chi connectivity index (χ0) is 20.3. The zero-order valence-corrected chi connectivity index (χ0v) is 15.2. The molecule has 0 fully saturated rings. The highest BCUT2D eigenvalue weighted by Crippen LogP contribution is 2.21. The van der Waals surface area contributed by atoms with Gasteiger partial charge in [0, 0.05) is 6.54 Å². The molecule has 3 rings (SSSR count). The number of hydrogen-bond donors (Lipinski definition) is 1. The maximum absolute atomic E-state index is 13.7. The van der Waals surface area contributed by atoms with Gasteiger partial charge in [0.1, 0.15) is 0 Å². The van der Waals surface area contributed by atoms with Crippen LogP contribution in [0, 0.1) is 17.5 Å². The Labute approximate surface area is 161 Å². The van der Waals surface area contributed by atoms with E-state index >= 15 is 0 Å². The average Bonchev–Trinajstić information content (AvgIpc) is 2.69. The number of nitrogens with one attached hydrogen (secondary N) is 1. The lowest BCUT2D eigenvalue weighted by Gasteiger charge is -2.11. The summed E-state index contributed by atoms with van der Waals surface area (Å²) < 4.78 is 41.3. The minimum Gasteiger partial charge on any atom is -0.323 e. The van der Waals surface area contributed by atoms with Crippen LogP contribution in [-0.2, 0) is 11.3 Å². The fourth-order valence-corrected chi connectivity index (χ4v) is 3.30. The van der Waals surface area contributed by atoms with Crippen LogP contribution in [-0.4, -0.2) is 21.2 Å². The molecule has 9 heteroatoms. The van der Waals surface area contributed by atoms with Gasteiger partial charge in [0.05, 0.1) is 22.3 Å². The van der Waals surface area contributed by atoms with Gasteiger partial charge in [-0.25, -0.2) is 18.2 Å². The number of nitrogens with zero attached hydrogens (tertiary/aromatic N) is 2. The number of amides is 1. The van der Waals surface area contributed by atoms with Crippen LogP contribution in [0.4, 0.5) is 18.9 Å². The van der Waals surface area contributed by atoms with Gasteiger partial charge in [0.15, 0.2) is 22.6 Å². The van der Waals surface area contributed by atoms with Crippen molar-refractivity contribution in [2.45, 2.75) is 11.7 Å². The highest BCUT2D eigenvalue weighted by molar-refractivity contribution is 7.99. The van der Waals surface area contributed by atoms with Gasteiger partial charge in [0.2, 0.25) is 5.91 Å². The van der Waals surface area contributed by atoms with Crippen LogP contribution >= 0.6 is 11.8 Å². The maximum atomic E-state index is 13.7. The lowest BCUT2D eigenvalue weighted by atomic mass is 10.2. The van der Waals surface area contributed by atoms with Crippen LogP contribution in [0.5, 0.6) is 0 Å². The summed E-state index contributed by atoms with van der Waals surface area (Å²) in [6, 6.07) is 8.43. The number of thioether (sulfide) groups is 1. The van der Waals surface area contributed by atoms with Gasteiger partial charge in [-0.15, -0.1) is 6.58 Å². The monoisotopic (exact) mass is 405 g/mol. The number of para-hydroxylation sites is 1. The largest absolute Gasteiger partial charge is 0.323 e. The summed E-state index contributed by atoms with van der Waals surface area (Å²) in [4.78, 5) is 29.1. The molecule has 1 amide bonds. The van der Waals surface area contributed by atoms with Gasteiger partial charge in [-0.1, -0.05) is 30.0 Å². The van der Waals surface area contributed by atoms with Crippen LogP contribution in [0.15, 0.2) is 59.0 Å². The summed E-state index contributed by atoms with van der Waals surface area (Å²) in [7, 11) is 0. The molecule has 0 unspecified atom stereocenters. The normalized spacial score (nSPS) is 10.8. The second kappa shape index (κ2) is 8.30. The van der Waals surface area contributed by atoms with Gasteiger partial charge in [-0.2, -0.15) is 0 Å². The van der Waals surface area contributed by atoms with Crippen molar-refractivity contribution >= 4 is 34.3 Å². The third-order valence-electron chi connectivity index (χ3n) is 3.78. The van der Waals surface area contributed by atoms with Crippen molar-refractivity contribution in [3.8, 4) is 0 Å². The Kier molecular flexibility index (Phi) is 5.84. The summed E-state index contributed by atoms with van der Waals surface area (Å²) in [6.07, 6.45) is 1.53. The van der Waals surface area contributed by atoms with E-state index in [0.29, 0.717) is 17.0 Å². The molecule has 0 saturated heterocycles. The molecule has 0 bridgehead atoms. The molecule has 0 aliphatic rings. The van der Waals surface area contributed by atoms with Gasteiger partial charge < -0.3 is 5.32 Å². The van der Waals surface area contributed by atoms with E-state index < -0.39 is 29.0 Å². The number of carbonyl (C=O) groups is 1. The fraction of sp³-hybridized carbons (Fsp3) is 0.105. The summed E-state index contributed by atoms with van der Waals surface area (Å²) in [5, 5.41) is 2.89. The Morgan fingerprint density at radius 3 is 2.68 bits per heavy atom. The standard InChI is InChI=1S/C19H14F3N3O2S/c1-2-9-25-18(27)11-5-3-4-6-13(11)24-19(25)28-10-15(26)23-14-8-7-12(20)16(21)17(14)22/h2-8H,1,9-10H2,(H,23,26). The number of allylic oxidation sites excluding steroid dienone is 1. The van der Waals surface area contributed by atoms with Crippen molar-refractivity contribution in [2.24, 2.45) is 0 Å². The average molecular weight is 405 g/mol. The molecule has 2 aromatic carbocycles. The van der Waals surface area contributed by atoms with E-state index in [0.717, 1.165) is 17.8 Å². The van der Waals surface area contributed by atoms with E-state index in [2.05, 4.69) is 16.9 Å². The quantitative estimate of drug-likeness (QED) is 0.294. The van der Waals surface area contributed by atoms with Crippen molar-refractivity contribution in [1.29, 1.82) is 0 Å². The number of fused-ring (bicyclic) bond motifs is 1. The lowest BCUT2D eigenvalue weighted by Crippen LogP contribution is -2.24. The fourth-order valence-electron chi connectivity index (χ4n) is 2.49. The Hall–Kier alpha value is -3.07. The number of benzene rings is 2. The third-order valence-corrected chi connectivity index (χ3v) is 4.76.